The molecule has 2 aliphatic rings. The Morgan fingerprint density at radius 1 is 1.15 bits per heavy atom. The number of H-pyrrole nitrogens is 1. The number of pyridine rings is 1. The average molecular weight is 555 g/mol. The molecule has 0 saturated carbocycles. The number of nitrogens with one attached hydrogen (secondary N) is 2. The van der Waals surface area contributed by atoms with Crippen LogP contribution in [0.15, 0.2) is 48.7 Å². The molecule has 41 heavy (non-hydrogen) atoms. The van der Waals surface area contributed by atoms with Crippen LogP contribution in [0.1, 0.15) is 60.5 Å². The monoisotopic (exact) mass is 554 g/mol. The van der Waals surface area contributed by atoms with Crippen molar-refractivity contribution in [1.82, 2.24) is 25.1 Å². The molecule has 2 fully saturated rings. The number of terminal acetylenes is 1. The number of nitrogens with zero attached hydrogens (tertiary/aromatic N) is 4. The number of aromatic amines is 1. The summed E-state index contributed by atoms with van der Waals surface area (Å²) in [5.74, 6) is 2.09. The number of benzene rings is 1. The summed E-state index contributed by atoms with van der Waals surface area (Å²) < 4.78 is 0. The van der Waals surface area contributed by atoms with Crippen molar-refractivity contribution < 1.29 is 14.4 Å². The van der Waals surface area contributed by atoms with E-state index < -0.39 is 5.54 Å². The molecule has 5 rings (SSSR count). The summed E-state index contributed by atoms with van der Waals surface area (Å²) in [6.45, 7) is 7.12. The van der Waals surface area contributed by atoms with Crippen LogP contribution >= 0.6 is 0 Å². The third-order valence-electron chi connectivity index (χ3n) is 8.14. The Hall–Kier alpha value is -4.32. The van der Waals surface area contributed by atoms with Crippen molar-refractivity contribution in [3.63, 3.8) is 0 Å². The number of rotatable bonds is 9. The zero-order valence-electron chi connectivity index (χ0n) is 23.9. The smallest absolute Gasteiger partial charge is 0.273 e. The molecule has 0 radical (unpaired) electrons. The van der Waals surface area contributed by atoms with Gasteiger partial charge in [-0.15, -0.1) is 12.3 Å². The second kappa shape index (κ2) is 12.0. The van der Waals surface area contributed by atoms with E-state index >= 15 is 0 Å². The zero-order valence-corrected chi connectivity index (χ0v) is 23.9. The Kier molecular flexibility index (Phi) is 8.29. The van der Waals surface area contributed by atoms with Crippen LogP contribution in [-0.2, 0) is 4.79 Å². The molecular weight excluding hydrogens is 516 g/mol. The first kappa shape index (κ1) is 28.2. The molecule has 1 atom stereocenters. The van der Waals surface area contributed by atoms with Crippen LogP contribution in [0.4, 0.5) is 5.69 Å². The zero-order chi connectivity index (χ0) is 29.0. The van der Waals surface area contributed by atoms with Gasteiger partial charge in [0.15, 0.2) is 0 Å². The van der Waals surface area contributed by atoms with Gasteiger partial charge in [0.2, 0.25) is 5.91 Å². The Labute approximate surface area is 241 Å². The van der Waals surface area contributed by atoms with E-state index in [1.165, 1.54) is 19.3 Å². The first-order valence-corrected chi connectivity index (χ1v) is 14.4. The summed E-state index contributed by atoms with van der Waals surface area (Å²) in [4.78, 5) is 52.8. The Bertz CT molecular complexity index is 1410. The molecule has 2 aliphatic heterocycles. The molecular formula is C32H38N6O3. The molecule has 2 N–H and O–H groups in total. The van der Waals surface area contributed by atoms with E-state index in [1.807, 2.05) is 49.1 Å². The lowest BCUT2D eigenvalue weighted by molar-refractivity contribution is -0.142. The van der Waals surface area contributed by atoms with E-state index in [0.29, 0.717) is 37.4 Å². The maximum atomic E-state index is 13.8. The molecule has 214 valence electrons. The molecule has 3 aromatic rings. The molecule has 2 aromatic heterocycles. The molecule has 0 spiro atoms. The predicted molar refractivity (Wildman–Crippen MR) is 160 cm³/mol. The van der Waals surface area contributed by atoms with Gasteiger partial charge in [-0.2, -0.15) is 0 Å². The van der Waals surface area contributed by atoms with Crippen LogP contribution in [0, 0.1) is 18.3 Å². The summed E-state index contributed by atoms with van der Waals surface area (Å²) in [6.07, 6.45) is 11.5. The maximum Gasteiger partial charge on any atom is 0.273 e. The van der Waals surface area contributed by atoms with E-state index in [4.69, 9.17) is 6.42 Å². The fourth-order valence-electron chi connectivity index (χ4n) is 5.80. The molecule has 1 aromatic carbocycles. The Balaban J connectivity index is 1.21. The van der Waals surface area contributed by atoms with Gasteiger partial charge in [-0.3, -0.25) is 14.4 Å². The van der Waals surface area contributed by atoms with Crippen molar-refractivity contribution >= 4 is 34.3 Å². The number of hydrogen-bond acceptors (Lipinski definition) is 5. The Morgan fingerprint density at radius 3 is 2.59 bits per heavy atom. The highest BCUT2D eigenvalue weighted by Crippen LogP contribution is 2.31. The van der Waals surface area contributed by atoms with Crippen LogP contribution in [0.2, 0.25) is 0 Å². The third-order valence-corrected chi connectivity index (χ3v) is 8.14. The molecule has 4 heterocycles. The van der Waals surface area contributed by atoms with Gasteiger partial charge in [0.25, 0.3) is 11.8 Å². The SMILES string of the molecule is C#CCC(C)CN(C(=O)c1ccc(N2CCCCC2)cn1)C1(C)CN(C(=O)CNC(=O)c2cc3ccccc3[nH]2)C1. The van der Waals surface area contributed by atoms with Crippen LogP contribution in [0.5, 0.6) is 0 Å². The first-order valence-electron chi connectivity index (χ1n) is 14.4. The number of para-hydroxylation sites is 1. The molecule has 0 aliphatic carbocycles. The van der Waals surface area contributed by atoms with E-state index in [-0.39, 0.29) is 30.2 Å². The normalized spacial score (nSPS) is 16.9. The van der Waals surface area contributed by atoms with Gasteiger partial charge in [0.05, 0.1) is 24.0 Å². The number of amides is 3. The maximum absolute atomic E-state index is 13.8. The summed E-state index contributed by atoms with van der Waals surface area (Å²) in [7, 11) is 0. The summed E-state index contributed by atoms with van der Waals surface area (Å²) in [6, 6.07) is 13.2. The van der Waals surface area contributed by atoms with E-state index in [1.54, 1.807) is 23.2 Å². The average Bonchev–Trinajstić information content (AvgIpc) is 3.42. The number of hydrogen-bond donors (Lipinski definition) is 2. The van der Waals surface area contributed by atoms with E-state index in [9.17, 15) is 14.4 Å². The van der Waals surface area contributed by atoms with Crippen molar-refractivity contribution in [2.24, 2.45) is 5.92 Å². The van der Waals surface area contributed by atoms with Crippen molar-refractivity contribution in [1.29, 1.82) is 0 Å². The number of anilines is 1. The largest absolute Gasteiger partial charge is 0.370 e. The second-order valence-corrected chi connectivity index (χ2v) is 11.6. The number of aromatic nitrogens is 2. The molecule has 1 unspecified atom stereocenters. The van der Waals surface area contributed by atoms with Gasteiger partial charge < -0.3 is 25.0 Å². The topological polar surface area (TPSA) is 102 Å². The minimum absolute atomic E-state index is 0.0914. The minimum atomic E-state index is -0.565. The number of piperidine rings is 1. The lowest BCUT2D eigenvalue weighted by atomic mass is 9.88. The van der Waals surface area contributed by atoms with Gasteiger partial charge in [0.1, 0.15) is 11.4 Å². The van der Waals surface area contributed by atoms with Gasteiger partial charge >= 0.3 is 0 Å². The number of carbonyl (C=O) groups excluding carboxylic acids is 3. The molecule has 9 nitrogen and oxygen atoms in total. The number of likely N-dealkylation sites (tertiary alicyclic amines) is 1. The fraction of sp³-hybridized carbons (Fsp3) is 0.438. The molecule has 3 amide bonds. The van der Waals surface area contributed by atoms with Crippen molar-refractivity contribution in [2.75, 3.05) is 44.2 Å². The van der Waals surface area contributed by atoms with E-state index in [0.717, 1.165) is 29.7 Å². The van der Waals surface area contributed by atoms with Crippen LogP contribution in [0.25, 0.3) is 10.9 Å². The van der Waals surface area contributed by atoms with Gasteiger partial charge in [-0.1, -0.05) is 25.1 Å². The minimum Gasteiger partial charge on any atom is -0.370 e. The predicted octanol–water partition coefficient (Wildman–Crippen LogP) is 3.69. The lowest BCUT2D eigenvalue weighted by Gasteiger charge is -2.54. The Morgan fingerprint density at radius 2 is 1.90 bits per heavy atom. The van der Waals surface area contributed by atoms with Gasteiger partial charge in [-0.05, 0) is 56.4 Å². The number of fused-ring (bicyclic) bond motifs is 1. The summed E-state index contributed by atoms with van der Waals surface area (Å²) in [5.41, 5.74) is 2.13. The highest BCUT2D eigenvalue weighted by molar-refractivity contribution is 5.99. The highest BCUT2D eigenvalue weighted by atomic mass is 16.2. The van der Waals surface area contributed by atoms with Gasteiger partial charge in [-0.25, -0.2) is 4.98 Å². The molecule has 9 heteroatoms. The van der Waals surface area contributed by atoms with Crippen molar-refractivity contribution in [3.8, 4) is 12.3 Å². The highest BCUT2D eigenvalue weighted by Gasteiger charge is 2.48. The fourth-order valence-corrected chi connectivity index (χ4v) is 5.80. The molecule has 0 bridgehead atoms. The van der Waals surface area contributed by atoms with Crippen LogP contribution in [-0.4, -0.2) is 82.3 Å². The third kappa shape index (κ3) is 6.22. The van der Waals surface area contributed by atoms with E-state index in [2.05, 4.69) is 26.1 Å². The molecule has 2 saturated heterocycles. The lowest BCUT2D eigenvalue weighted by Crippen LogP contribution is -2.72. The standard InChI is InChI=1S/C32H38N6O3/c1-4-10-23(2)20-38(31(41)27-14-13-25(18-33-27)36-15-8-5-9-16-36)32(3)21-37(22-32)29(39)19-34-30(40)28-17-24-11-6-7-12-26(24)35-28/h1,6-7,11-14,17-18,23,35H,5,8-10,15-16,19-22H2,2-3H3,(H,34,40). The summed E-state index contributed by atoms with van der Waals surface area (Å²) in [5, 5.41) is 3.65. The van der Waals surface area contributed by atoms with Gasteiger partial charge in [0, 0.05) is 50.0 Å². The first-order chi connectivity index (χ1) is 19.8. The van der Waals surface area contributed by atoms with Crippen LogP contribution < -0.4 is 10.2 Å². The second-order valence-electron chi connectivity index (χ2n) is 11.6. The summed E-state index contributed by atoms with van der Waals surface area (Å²) >= 11 is 0. The van der Waals surface area contributed by atoms with Crippen LogP contribution in [0.3, 0.4) is 0 Å². The quantitative estimate of drug-likeness (QED) is 0.393. The van der Waals surface area contributed by atoms with Crippen molar-refractivity contribution in [2.45, 2.75) is 45.1 Å². The number of carbonyl (C=O) groups is 3. The van der Waals surface area contributed by atoms with Crippen molar-refractivity contribution in [3.05, 3.63) is 60.0 Å².